The maximum absolute atomic E-state index is 10.9. The van der Waals surface area contributed by atoms with E-state index in [-0.39, 0.29) is 6.54 Å². The van der Waals surface area contributed by atoms with Crippen LogP contribution in [0.1, 0.15) is 6.92 Å². The van der Waals surface area contributed by atoms with Crippen LogP contribution in [-0.2, 0) is 9.13 Å². The minimum Gasteiger partial charge on any atom is -0.324 e. The molecule has 0 saturated heterocycles. The molecule has 0 aromatic rings. The van der Waals surface area contributed by atoms with Crippen LogP contribution in [0.5, 0.6) is 0 Å². The molecule has 0 bridgehead atoms. The van der Waals surface area contributed by atoms with Gasteiger partial charge in [0.1, 0.15) is 12.6 Å². The summed E-state index contributed by atoms with van der Waals surface area (Å²) in [6, 6.07) is 0. The van der Waals surface area contributed by atoms with E-state index in [2.05, 4.69) is 10.6 Å². The third kappa shape index (κ3) is 14.4. The maximum atomic E-state index is 10.9. The number of hydrogen-bond acceptors (Lipinski definition) is 5. The van der Waals surface area contributed by atoms with E-state index in [1.165, 1.54) is 0 Å². The van der Waals surface area contributed by atoms with E-state index in [9.17, 15) is 9.13 Å². The zero-order valence-corrected chi connectivity index (χ0v) is 12.7. The SMILES string of the molecule is CCNCCNCCN(CP(=O)(O)O)CP(=O)(O)O. The summed E-state index contributed by atoms with van der Waals surface area (Å²) in [6.07, 6.45) is -1.32. The zero-order chi connectivity index (χ0) is 14.9. The lowest BCUT2D eigenvalue weighted by atomic mass is 10.5. The van der Waals surface area contributed by atoms with Crippen molar-refractivity contribution in [2.24, 2.45) is 0 Å². The Labute approximate surface area is 112 Å². The summed E-state index contributed by atoms with van der Waals surface area (Å²) in [7, 11) is -8.66. The first-order valence-corrected chi connectivity index (χ1v) is 9.46. The predicted molar refractivity (Wildman–Crippen MR) is 71.9 cm³/mol. The van der Waals surface area contributed by atoms with Gasteiger partial charge >= 0.3 is 15.2 Å². The normalized spacial score (nSPS) is 13.2. The summed E-state index contributed by atoms with van der Waals surface area (Å²) in [6.45, 7) is 4.81. The van der Waals surface area contributed by atoms with Crippen LogP contribution in [0.25, 0.3) is 0 Å². The molecule has 0 aliphatic carbocycles. The molecule has 6 N–H and O–H groups in total. The van der Waals surface area contributed by atoms with Crippen molar-refractivity contribution in [3.05, 3.63) is 0 Å². The van der Waals surface area contributed by atoms with Gasteiger partial charge in [0.25, 0.3) is 0 Å². The fraction of sp³-hybridized carbons (Fsp3) is 1.00. The van der Waals surface area contributed by atoms with Crippen LogP contribution < -0.4 is 10.6 Å². The second kappa shape index (κ2) is 9.18. The minimum atomic E-state index is -4.33. The number of nitrogens with zero attached hydrogens (tertiary/aromatic N) is 1. The van der Waals surface area contributed by atoms with E-state index < -0.39 is 27.8 Å². The predicted octanol–water partition coefficient (Wildman–Crippen LogP) is -1.24. The van der Waals surface area contributed by atoms with Gasteiger partial charge in [-0.3, -0.25) is 14.0 Å². The van der Waals surface area contributed by atoms with E-state index in [0.29, 0.717) is 13.1 Å². The van der Waals surface area contributed by atoms with E-state index in [0.717, 1.165) is 18.0 Å². The van der Waals surface area contributed by atoms with Crippen molar-refractivity contribution in [2.75, 3.05) is 45.3 Å². The quantitative estimate of drug-likeness (QED) is 0.203. The molecule has 0 fully saturated rings. The summed E-state index contributed by atoms with van der Waals surface area (Å²) in [4.78, 5) is 36.4. The third-order valence-corrected chi connectivity index (χ3v) is 3.64. The highest BCUT2D eigenvalue weighted by atomic mass is 31.2. The highest BCUT2D eigenvalue weighted by Crippen LogP contribution is 2.40. The van der Waals surface area contributed by atoms with E-state index in [1.54, 1.807) is 0 Å². The minimum absolute atomic E-state index is 0.155. The Morgan fingerprint density at radius 1 is 0.895 bits per heavy atom. The molecule has 0 atom stereocenters. The Morgan fingerprint density at radius 3 is 1.79 bits per heavy atom. The van der Waals surface area contributed by atoms with Crippen LogP contribution in [0.15, 0.2) is 0 Å². The highest BCUT2D eigenvalue weighted by molar-refractivity contribution is 7.52. The van der Waals surface area contributed by atoms with Crippen molar-refractivity contribution in [2.45, 2.75) is 6.92 Å². The number of rotatable bonds is 11. The average Bonchev–Trinajstić information content (AvgIpc) is 2.18. The fourth-order valence-electron chi connectivity index (χ4n) is 1.42. The van der Waals surface area contributed by atoms with Crippen molar-refractivity contribution in [1.82, 2.24) is 15.5 Å². The summed E-state index contributed by atoms with van der Waals surface area (Å²) in [5.41, 5.74) is 0. The second-order valence-corrected chi connectivity index (χ2v) is 7.33. The molecule has 0 aliphatic heterocycles. The number of hydrogen-bond donors (Lipinski definition) is 6. The Morgan fingerprint density at radius 2 is 1.37 bits per heavy atom. The largest absolute Gasteiger partial charge is 0.339 e. The molecule has 0 unspecified atom stereocenters. The first-order valence-electron chi connectivity index (χ1n) is 5.87. The van der Waals surface area contributed by atoms with Crippen LogP contribution in [0, 0.1) is 0 Å². The Bertz CT molecular complexity index is 306. The molecule has 0 aromatic heterocycles. The number of likely N-dealkylation sites (N-methyl/N-ethyl adjacent to an activating group) is 1. The van der Waals surface area contributed by atoms with Crippen molar-refractivity contribution in [1.29, 1.82) is 0 Å². The topological polar surface area (TPSA) is 142 Å². The van der Waals surface area contributed by atoms with Crippen LogP contribution in [-0.4, -0.2) is 69.8 Å². The molecule has 11 heteroatoms. The molecule has 0 spiro atoms. The van der Waals surface area contributed by atoms with Gasteiger partial charge in [0, 0.05) is 26.2 Å². The molecule has 0 rings (SSSR count). The van der Waals surface area contributed by atoms with Crippen molar-refractivity contribution >= 4 is 15.2 Å². The standard InChI is InChI=1S/C8H23N3O6P2/c1-2-9-3-4-10-5-6-11(7-18(12,13)14)8-19(15,16)17/h9-10H,2-8H2,1H3,(H2,12,13,14)(H2,15,16,17). The smallest absolute Gasteiger partial charge is 0.324 e. The molecule has 0 radical (unpaired) electrons. The van der Waals surface area contributed by atoms with Gasteiger partial charge in [-0.1, -0.05) is 6.92 Å². The van der Waals surface area contributed by atoms with Crippen molar-refractivity contribution in [3.63, 3.8) is 0 Å². The maximum Gasteiger partial charge on any atom is 0.339 e. The molecule has 0 aliphatic rings. The van der Waals surface area contributed by atoms with Gasteiger partial charge in [0.05, 0.1) is 0 Å². The first-order chi connectivity index (χ1) is 8.64. The second-order valence-electron chi connectivity index (χ2n) is 4.11. The molecule has 116 valence electrons. The molecule has 0 amide bonds. The van der Waals surface area contributed by atoms with Gasteiger partial charge in [0.15, 0.2) is 0 Å². The van der Waals surface area contributed by atoms with Gasteiger partial charge in [-0.2, -0.15) is 0 Å². The van der Waals surface area contributed by atoms with Crippen molar-refractivity contribution in [3.8, 4) is 0 Å². The monoisotopic (exact) mass is 319 g/mol. The number of nitrogens with one attached hydrogen (secondary N) is 2. The van der Waals surface area contributed by atoms with E-state index >= 15 is 0 Å². The summed E-state index contributed by atoms with van der Waals surface area (Å²) >= 11 is 0. The molecule has 0 aromatic carbocycles. The van der Waals surface area contributed by atoms with Gasteiger partial charge in [0.2, 0.25) is 0 Å². The zero-order valence-electron chi connectivity index (χ0n) is 10.9. The van der Waals surface area contributed by atoms with Crippen LogP contribution in [0.4, 0.5) is 0 Å². The van der Waals surface area contributed by atoms with Gasteiger partial charge < -0.3 is 30.2 Å². The van der Waals surface area contributed by atoms with Gasteiger partial charge in [-0.25, -0.2) is 0 Å². The average molecular weight is 319 g/mol. The Kier molecular flexibility index (Phi) is 9.26. The molecular weight excluding hydrogens is 296 g/mol. The van der Waals surface area contributed by atoms with E-state index in [4.69, 9.17) is 19.6 Å². The first kappa shape index (κ1) is 19.2. The highest BCUT2D eigenvalue weighted by Gasteiger charge is 2.25. The lowest BCUT2D eigenvalue weighted by Crippen LogP contribution is -2.36. The van der Waals surface area contributed by atoms with Crippen LogP contribution in [0.3, 0.4) is 0 Å². The molecular formula is C8H23N3O6P2. The van der Waals surface area contributed by atoms with Gasteiger partial charge in [-0.05, 0) is 6.54 Å². The van der Waals surface area contributed by atoms with Crippen LogP contribution >= 0.6 is 15.2 Å². The summed E-state index contributed by atoms with van der Waals surface area (Å²) < 4.78 is 21.7. The summed E-state index contributed by atoms with van der Waals surface area (Å²) in [5, 5.41) is 6.10. The lowest BCUT2D eigenvalue weighted by molar-refractivity contribution is 0.277. The molecule has 9 nitrogen and oxygen atoms in total. The van der Waals surface area contributed by atoms with Crippen molar-refractivity contribution < 1.29 is 28.7 Å². The Balaban J connectivity index is 4.06. The fourth-order valence-corrected chi connectivity index (χ4v) is 3.11. The molecule has 0 heterocycles. The van der Waals surface area contributed by atoms with E-state index in [1.807, 2.05) is 6.92 Å². The summed E-state index contributed by atoms with van der Waals surface area (Å²) in [5.74, 6) is 0. The Hall–Kier alpha value is 0.180. The molecule has 19 heavy (non-hydrogen) atoms. The van der Waals surface area contributed by atoms with Gasteiger partial charge in [-0.15, -0.1) is 0 Å². The third-order valence-electron chi connectivity index (χ3n) is 2.10. The molecule has 0 saturated carbocycles. The lowest BCUT2D eigenvalue weighted by Gasteiger charge is -2.23. The van der Waals surface area contributed by atoms with Crippen LogP contribution in [0.2, 0.25) is 0 Å².